The molecule has 2 aromatic carbocycles. The van der Waals surface area contributed by atoms with Crippen LogP contribution in [0, 0.1) is 6.92 Å². The first-order valence-electron chi connectivity index (χ1n) is 9.37. The minimum Gasteiger partial charge on any atom is -0.493 e. The van der Waals surface area contributed by atoms with E-state index in [1.165, 1.54) is 5.56 Å². The molecule has 1 N–H and O–H groups in total. The zero-order valence-corrected chi connectivity index (χ0v) is 17.4. The molecular weight excluding hydrogens is 362 g/mol. The molecule has 2 rings (SSSR count). The van der Waals surface area contributed by atoms with Crippen molar-refractivity contribution in [3.8, 4) is 11.5 Å². The maximum absolute atomic E-state index is 6.46. The summed E-state index contributed by atoms with van der Waals surface area (Å²) in [6.45, 7) is 8.98. The molecule has 0 radical (unpaired) electrons. The summed E-state index contributed by atoms with van der Waals surface area (Å²) in [5.41, 5.74) is 3.38. The van der Waals surface area contributed by atoms with Crippen LogP contribution in [0.25, 0.3) is 0 Å². The number of benzene rings is 2. The second-order valence-electron chi connectivity index (χ2n) is 6.77. The maximum atomic E-state index is 6.46. The van der Waals surface area contributed by atoms with Gasteiger partial charge in [-0.05, 0) is 62.6 Å². The van der Waals surface area contributed by atoms with E-state index in [4.69, 9.17) is 25.8 Å². The molecule has 0 fully saturated rings. The van der Waals surface area contributed by atoms with Gasteiger partial charge in [-0.1, -0.05) is 35.9 Å². The van der Waals surface area contributed by atoms with Gasteiger partial charge in [0.05, 0.1) is 18.2 Å². The number of ether oxygens (including phenoxy) is 3. The van der Waals surface area contributed by atoms with E-state index in [9.17, 15) is 0 Å². The zero-order valence-electron chi connectivity index (χ0n) is 16.7. The highest BCUT2D eigenvalue weighted by Crippen LogP contribution is 2.37. The van der Waals surface area contributed by atoms with Crippen molar-refractivity contribution in [2.24, 2.45) is 0 Å². The largest absolute Gasteiger partial charge is 0.493 e. The van der Waals surface area contributed by atoms with Gasteiger partial charge in [-0.25, -0.2) is 0 Å². The lowest BCUT2D eigenvalue weighted by Crippen LogP contribution is -2.17. The SMILES string of the molecule is COc1cc(CNCCCOC(C)C)cc(Cl)c1OCc1ccccc1C. The molecule has 0 aliphatic rings. The fraction of sp³-hybridized carbons (Fsp3) is 0.455. The summed E-state index contributed by atoms with van der Waals surface area (Å²) < 4.78 is 17.0. The van der Waals surface area contributed by atoms with Crippen LogP contribution < -0.4 is 14.8 Å². The van der Waals surface area contributed by atoms with Crippen LogP contribution in [0.3, 0.4) is 0 Å². The van der Waals surface area contributed by atoms with Crippen LogP contribution in [0.15, 0.2) is 36.4 Å². The van der Waals surface area contributed by atoms with Crippen LogP contribution in [0.2, 0.25) is 5.02 Å². The second-order valence-corrected chi connectivity index (χ2v) is 7.18. The topological polar surface area (TPSA) is 39.7 Å². The summed E-state index contributed by atoms with van der Waals surface area (Å²) in [7, 11) is 1.63. The van der Waals surface area contributed by atoms with Gasteiger partial charge in [0.1, 0.15) is 6.61 Å². The molecule has 0 aliphatic heterocycles. The highest BCUT2D eigenvalue weighted by molar-refractivity contribution is 6.32. The van der Waals surface area contributed by atoms with Gasteiger partial charge in [0.15, 0.2) is 11.5 Å². The minimum absolute atomic E-state index is 0.278. The van der Waals surface area contributed by atoms with E-state index >= 15 is 0 Å². The summed E-state index contributed by atoms with van der Waals surface area (Å²) >= 11 is 6.46. The Kier molecular flexibility index (Phi) is 8.92. The molecular formula is C22H30ClNO3. The molecule has 27 heavy (non-hydrogen) atoms. The smallest absolute Gasteiger partial charge is 0.180 e. The van der Waals surface area contributed by atoms with E-state index in [0.29, 0.717) is 23.1 Å². The number of halogens is 1. The van der Waals surface area contributed by atoms with Crippen molar-refractivity contribution in [1.29, 1.82) is 0 Å². The van der Waals surface area contributed by atoms with Crippen molar-refractivity contribution < 1.29 is 14.2 Å². The van der Waals surface area contributed by atoms with Crippen LogP contribution >= 0.6 is 11.6 Å². The summed E-state index contributed by atoms with van der Waals surface area (Å²) in [4.78, 5) is 0. The van der Waals surface area contributed by atoms with E-state index in [2.05, 4.69) is 24.4 Å². The Hall–Kier alpha value is -1.75. The van der Waals surface area contributed by atoms with Gasteiger partial charge < -0.3 is 19.5 Å². The molecule has 0 amide bonds. The predicted molar refractivity (Wildman–Crippen MR) is 111 cm³/mol. The zero-order chi connectivity index (χ0) is 19.6. The molecule has 0 heterocycles. The first kappa shape index (κ1) is 21.5. The van der Waals surface area contributed by atoms with Gasteiger partial charge in [-0.2, -0.15) is 0 Å². The Balaban J connectivity index is 1.93. The monoisotopic (exact) mass is 391 g/mol. The fourth-order valence-corrected chi connectivity index (χ4v) is 2.97. The number of hydrogen-bond donors (Lipinski definition) is 1. The van der Waals surface area contributed by atoms with Crippen LogP contribution in [-0.2, 0) is 17.9 Å². The maximum Gasteiger partial charge on any atom is 0.180 e. The minimum atomic E-state index is 0.278. The number of hydrogen-bond acceptors (Lipinski definition) is 4. The van der Waals surface area contributed by atoms with Crippen LogP contribution in [0.4, 0.5) is 0 Å². The molecule has 0 unspecified atom stereocenters. The standard InChI is InChI=1S/C22H30ClNO3/c1-16(2)26-11-7-10-24-14-18-12-20(23)22(21(13-18)25-4)27-15-19-9-6-5-8-17(19)3/h5-6,8-9,12-13,16,24H,7,10-11,14-15H2,1-4H3. The van der Waals surface area contributed by atoms with Crippen LogP contribution in [0.5, 0.6) is 11.5 Å². The molecule has 148 valence electrons. The van der Waals surface area contributed by atoms with E-state index in [1.54, 1.807) is 7.11 Å². The van der Waals surface area contributed by atoms with Crippen LogP contribution in [-0.4, -0.2) is 26.4 Å². The van der Waals surface area contributed by atoms with Gasteiger partial charge in [0, 0.05) is 13.2 Å². The predicted octanol–water partition coefficient (Wildman–Crippen LogP) is 5.14. The van der Waals surface area contributed by atoms with Crippen molar-refractivity contribution >= 4 is 11.6 Å². The molecule has 0 atom stereocenters. The van der Waals surface area contributed by atoms with Crippen molar-refractivity contribution in [3.63, 3.8) is 0 Å². The number of nitrogens with one attached hydrogen (secondary N) is 1. The normalized spacial score (nSPS) is 11.0. The van der Waals surface area contributed by atoms with Crippen molar-refractivity contribution in [2.45, 2.75) is 46.4 Å². The second kappa shape index (κ2) is 11.2. The van der Waals surface area contributed by atoms with Gasteiger partial charge >= 0.3 is 0 Å². The lowest BCUT2D eigenvalue weighted by Gasteiger charge is -2.15. The van der Waals surface area contributed by atoms with Crippen LogP contribution in [0.1, 0.15) is 37.0 Å². The highest BCUT2D eigenvalue weighted by Gasteiger charge is 2.13. The fourth-order valence-electron chi connectivity index (χ4n) is 2.69. The van der Waals surface area contributed by atoms with Gasteiger partial charge in [0.2, 0.25) is 0 Å². The summed E-state index contributed by atoms with van der Waals surface area (Å²) in [6.07, 6.45) is 1.25. The quantitative estimate of drug-likeness (QED) is 0.538. The molecule has 0 saturated carbocycles. The molecule has 5 heteroatoms. The highest BCUT2D eigenvalue weighted by atomic mass is 35.5. The third kappa shape index (κ3) is 7.06. The molecule has 4 nitrogen and oxygen atoms in total. The average molecular weight is 392 g/mol. The summed E-state index contributed by atoms with van der Waals surface area (Å²) in [5, 5.41) is 3.96. The van der Waals surface area contributed by atoms with Crippen molar-refractivity contribution in [2.75, 3.05) is 20.3 Å². The Morgan fingerprint density at radius 1 is 1.15 bits per heavy atom. The Morgan fingerprint density at radius 2 is 1.93 bits per heavy atom. The van der Waals surface area contributed by atoms with E-state index in [0.717, 1.165) is 37.2 Å². The lowest BCUT2D eigenvalue weighted by molar-refractivity contribution is 0.0770. The Morgan fingerprint density at radius 3 is 2.63 bits per heavy atom. The Bertz CT molecular complexity index is 719. The number of aryl methyl sites for hydroxylation is 1. The molecule has 0 aromatic heterocycles. The summed E-state index contributed by atoms with van der Waals surface area (Å²) in [5.74, 6) is 1.23. The molecule has 0 bridgehead atoms. The Labute approximate surface area is 167 Å². The third-order valence-corrected chi connectivity index (χ3v) is 4.48. The van der Waals surface area contributed by atoms with Crippen molar-refractivity contribution in [1.82, 2.24) is 5.32 Å². The van der Waals surface area contributed by atoms with Gasteiger partial charge in [-0.15, -0.1) is 0 Å². The van der Waals surface area contributed by atoms with Gasteiger partial charge in [-0.3, -0.25) is 0 Å². The molecule has 0 saturated heterocycles. The molecule has 0 aliphatic carbocycles. The van der Waals surface area contributed by atoms with Crippen molar-refractivity contribution in [3.05, 3.63) is 58.1 Å². The molecule has 0 spiro atoms. The first-order valence-corrected chi connectivity index (χ1v) is 9.75. The van der Waals surface area contributed by atoms with E-state index < -0.39 is 0 Å². The molecule has 2 aromatic rings. The van der Waals surface area contributed by atoms with E-state index in [1.807, 2.05) is 38.1 Å². The number of methoxy groups -OCH3 is 1. The first-order chi connectivity index (χ1) is 13.0. The third-order valence-electron chi connectivity index (χ3n) is 4.20. The summed E-state index contributed by atoms with van der Waals surface area (Å²) in [6, 6.07) is 12.0. The lowest BCUT2D eigenvalue weighted by atomic mass is 10.1. The van der Waals surface area contributed by atoms with E-state index in [-0.39, 0.29) is 6.10 Å². The average Bonchev–Trinajstić information content (AvgIpc) is 2.64. The number of rotatable bonds is 11. The van der Waals surface area contributed by atoms with Gasteiger partial charge in [0.25, 0.3) is 0 Å².